The highest BCUT2D eigenvalue weighted by molar-refractivity contribution is 6.25. The second-order valence-corrected chi connectivity index (χ2v) is 11.9. The zero-order valence-corrected chi connectivity index (χ0v) is 26.0. The Morgan fingerprint density at radius 2 is 0.729 bits per heavy atom. The monoisotopic (exact) mass is 612 g/mol. The van der Waals surface area contributed by atoms with Crippen molar-refractivity contribution in [3.63, 3.8) is 0 Å². The lowest BCUT2D eigenvalue weighted by molar-refractivity contribution is 1.07. The molecule has 4 nitrogen and oxygen atoms in total. The van der Waals surface area contributed by atoms with E-state index < -0.39 is 0 Å². The van der Waals surface area contributed by atoms with Crippen molar-refractivity contribution >= 4 is 32.3 Å². The van der Waals surface area contributed by atoms with E-state index in [-0.39, 0.29) is 0 Å². The predicted octanol–water partition coefficient (Wildman–Crippen LogP) is 11.1. The number of rotatable bonds is 5. The predicted molar refractivity (Wildman–Crippen MR) is 197 cm³/mol. The number of fused-ring (bicyclic) bond motifs is 6. The molecule has 0 aliphatic rings. The van der Waals surface area contributed by atoms with Gasteiger partial charge in [0.1, 0.15) is 0 Å². The van der Waals surface area contributed by atoms with Crippen LogP contribution in [0.2, 0.25) is 0 Å². The van der Waals surface area contributed by atoms with Gasteiger partial charge in [-0.05, 0) is 67.2 Å². The molecular weight excluding hydrogens is 585 g/mol. The van der Waals surface area contributed by atoms with Crippen molar-refractivity contribution in [1.29, 1.82) is 0 Å². The molecule has 0 saturated heterocycles. The molecule has 0 unspecified atom stereocenters. The van der Waals surface area contributed by atoms with Gasteiger partial charge in [0, 0.05) is 34.6 Å². The molecule has 0 fully saturated rings. The fourth-order valence-corrected chi connectivity index (χ4v) is 6.62. The Labute approximate surface area is 278 Å². The minimum absolute atomic E-state index is 0.627. The smallest absolute Gasteiger partial charge is 0.164 e. The molecule has 9 aromatic rings. The van der Waals surface area contributed by atoms with Gasteiger partial charge < -0.3 is 0 Å². The summed E-state index contributed by atoms with van der Waals surface area (Å²) in [6, 6.07) is 55.1. The zero-order valence-electron chi connectivity index (χ0n) is 26.0. The number of benzene rings is 7. The van der Waals surface area contributed by atoms with Crippen LogP contribution in [0.25, 0.3) is 88.7 Å². The molecule has 0 N–H and O–H groups in total. The van der Waals surface area contributed by atoms with Gasteiger partial charge in [0.15, 0.2) is 17.5 Å². The van der Waals surface area contributed by atoms with Gasteiger partial charge >= 0.3 is 0 Å². The van der Waals surface area contributed by atoms with Crippen LogP contribution in [0.4, 0.5) is 0 Å². The summed E-state index contributed by atoms with van der Waals surface area (Å²) < 4.78 is 0. The van der Waals surface area contributed by atoms with Crippen LogP contribution in [-0.2, 0) is 0 Å². The minimum atomic E-state index is 0.627. The molecule has 0 bridgehead atoms. The van der Waals surface area contributed by atoms with Crippen LogP contribution < -0.4 is 0 Å². The van der Waals surface area contributed by atoms with Crippen LogP contribution in [0.3, 0.4) is 0 Å². The Hall–Kier alpha value is -6.52. The SMILES string of the molecule is c1ccc(-c2nc(-c3ccc(-c4ccc5c6ccccc6c6ccccc6c5c4)cc3)nc(-c3cccc(-c4cccnc4)c3)n2)cc1. The van der Waals surface area contributed by atoms with Crippen LogP contribution in [-0.4, -0.2) is 19.9 Å². The first-order chi connectivity index (χ1) is 23.8. The fraction of sp³-hybridized carbons (Fsp3) is 0. The Morgan fingerprint density at radius 1 is 0.271 bits per heavy atom. The normalized spacial score (nSPS) is 11.3. The molecule has 9 rings (SSSR count). The molecule has 2 aromatic heterocycles. The summed E-state index contributed by atoms with van der Waals surface area (Å²) in [4.78, 5) is 19.2. The molecule has 4 heteroatoms. The van der Waals surface area contributed by atoms with Gasteiger partial charge in [-0.1, -0.05) is 140 Å². The number of nitrogens with zero attached hydrogens (tertiary/aromatic N) is 4. The number of hydrogen-bond donors (Lipinski definition) is 0. The molecule has 0 saturated carbocycles. The maximum atomic E-state index is 5.00. The van der Waals surface area contributed by atoms with E-state index in [1.54, 1.807) is 6.20 Å². The lowest BCUT2D eigenvalue weighted by Crippen LogP contribution is -2.00. The van der Waals surface area contributed by atoms with Gasteiger partial charge in [-0.15, -0.1) is 0 Å². The van der Waals surface area contributed by atoms with Gasteiger partial charge in [0.25, 0.3) is 0 Å². The van der Waals surface area contributed by atoms with Gasteiger partial charge in [0.2, 0.25) is 0 Å². The van der Waals surface area contributed by atoms with E-state index in [9.17, 15) is 0 Å². The van der Waals surface area contributed by atoms with Crippen LogP contribution >= 0.6 is 0 Å². The van der Waals surface area contributed by atoms with E-state index in [0.29, 0.717) is 17.5 Å². The highest BCUT2D eigenvalue weighted by Crippen LogP contribution is 2.37. The third kappa shape index (κ3) is 4.97. The van der Waals surface area contributed by atoms with Crippen molar-refractivity contribution in [3.05, 3.63) is 170 Å². The number of hydrogen-bond acceptors (Lipinski definition) is 4. The summed E-state index contributed by atoms with van der Waals surface area (Å²) in [5.74, 6) is 1.90. The van der Waals surface area contributed by atoms with E-state index in [4.69, 9.17) is 15.0 Å². The molecular formula is C44H28N4. The Morgan fingerprint density at radius 3 is 1.38 bits per heavy atom. The average molecular weight is 613 g/mol. The largest absolute Gasteiger partial charge is 0.264 e. The van der Waals surface area contributed by atoms with Crippen LogP contribution in [0.1, 0.15) is 0 Å². The molecule has 0 spiro atoms. The molecule has 2 heterocycles. The van der Waals surface area contributed by atoms with E-state index in [2.05, 4.69) is 114 Å². The summed E-state index contributed by atoms with van der Waals surface area (Å²) in [6.45, 7) is 0. The topological polar surface area (TPSA) is 51.6 Å². The van der Waals surface area contributed by atoms with Crippen LogP contribution in [0.15, 0.2) is 170 Å². The fourth-order valence-electron chi connectivity index (χ4n) is 6.62. The summed E-state index contributed by atoms with van der Waals surface area (Å²) >= 11 is 0. The van der Waals surface area contributed by atoms with Crippen LogP contribution in [0.5, 0.6) is 0 Å². The Balaban J connectivity index is 1.14. The highest BCUT2D eigenvalue weighted by atomic mass is 15.0. The maximum absolute atomic E-state index is 5.00. The lowest BCUT2D eigenvalue weighted by atomic mass is 9.92. The van der Waals surface area contributed by atoms with Crippen molar-refractivity contribution in [1.82, 2.24) is 19.9 Å². The second kappa shape index (κ2) is 11.7. The van der Waals surface area contributed by atoms with E-state index in [1.165, 1.54) is 37.9 Å². The molecule has 0 aliphatic heterocycles. The number of pyridine rings is 1. The molecule has 224 valence electrons. The first kappa shape index (κ1) is 27.8. The quantitative estimate of drug-likeness (QED) is 0.181. The van der Waals surface area contributed by atoms with Crippen molar-refractivity contribution in [2.45, 2.75) is 0 Å². The summed E-state index contributed by atoms with van der Waals surface area (Å²) in [6.07, 6.45) is 3.65. The number of aromatic nitrogens is 4. The van der Waals surface area contributed by atoms with Crippen molar-refractivity contribution in [2.24, 2.45) is 0 Å². The Bertz CT molecular complexity index is 2560. The van der Waals surface area contributed by atoms with Crippen molar-refractivity contribution in [2.75, 3.05) is 0 Å². The maximum Gasteiger partial charge on any atom is 0.164 e. The Kier molecular flexibility index (Phi) is 6.76. The van der Waals surface area contributed by atoms with Gasteiger partial charge in [-0.2, -0.15) is 0 Å². The minimum Gasteiger partial charge on any atom is -0.264 e. The summed E-state index contributed by atoms with van der Waals surface area (Å²) in [5, 5.41) is 7.63. The first-order valence-corrected chi connectivity index (χ1v) is 16.0. The molecule has 0 radical (unpaired) electrons. The molecule has 7 aromatic carbocycles. The third-order valence-electron chi connectivity index (χ3n) is 9.00. The second-order valence-electron chi connectivity index (χ2n) is 11.9. The van der Waals surface area contributed by atoms with E-state index in [0.717, 1.165) is 33.4 Å². The standard InChI is InChI=1S/C44H28N4/c1-2-10-30(11-3-1)42-46-43(48-44(47-42)34-13-8-12-32(26-34)35-14-9-25-45-28-35)31-21-19-29(20-22-31)33-23-24-40-38-17-5-4-15-36(38)37-16-6-7-18-39(37)41(40)27-33/h1-28H. The molecule has 0 aliphatic carbocycles. The van der Waals surface area contributed by atoms with E-state index in [1.807, 2.05) is 54.7 Å². The molecule has 0 atom stereocenters. The van der Waals surface area contributed by atoms with Crippen molar-refractivity contribution in [3.8, 4) is 56.4 Å². The van der Waals surface area contributed by atoms with Gasteiger partial charge in [-0.25, -0.2) is 15.0 Å². The lowest BCUT2D eigenvalue weighted by Gasteiger charge is -2.12. The summed E-state index contributed by atoms with van der Waals surface area (Å²) in [5.41, 5.74) is 7.21. The highest BCUT2D eigenvalue weighted by Gasteiger charge is 2.14. The van der Waals surface area contributed by atoms with Crippen molar-refractivity contribution < 1.29 is 0 Å². The van der Waals surface area contributed by atoms with Gasteiger partial charge in [-0.3, -0.25) is 4.98 Å². The van der Waals surface area contributed by atoms with Gasteiger partial charge in [0.05, 0.1) is 0 Å². The van der Waals surface area contributed by atoms with E-state index >= 15 is 0 Å². The molecule has 48 heavy (non-hydrogen) atoms. The average Bonchev–Trinajstić information content (AvgIpc) is 3.18. The summed E-state index contributed by atoms with van der Waals surface area (Å²) in [7, 11) is 0. The first-order valence-electron chi connectivity index (χ1n) is 16.0. The van der Waals surface area contributed by atoms with Crippen LogP contribution in [0, 0.1) is 0 Å². The molecule has 0 amide bonds. The zero-order chi connectivity index (χ0) is 31.9. The third-order valence-corrected chi connectivity index (χ3v) is 9.00.